The molecule has 2 aliphatic rings. The Labute approximate surface area is 158 Å². The molecule has 0 spiro atoms. The first-order valence-corrected chi connectivity index (χ1v) is 11.6. The molecule has 0 unspecified atom stereocenters. The SMILES string of the molecule is Cn1ncc2c1[C@@H](C(=NO[Si](C)(C)C(C)(C)C)C(N)=O)N1C[C@@H]2N(O)C1=O. The van der Waals surface area contributed by atoms with E-state index < -0.39 is 32.3 Å². The van der Waals surface area contributed by atoms with Gasteiger partial charge in [-0.25, -0.2) is 4.79 Å². The van der Waals surface area contributed by atoms with Gasteiger partial charge in [0.15, 0.2) is 5.71 Å². The molecule has 0 saturated carbocycles. The number of nitrogens with two attached hydrogens (primary N) is 1. The Balaban J connectivity index is 2.08. The number of carbonyl (C=O) groups is 2. The van der Waals surface area contributed by atoms with E-state index in [1.807, 2.05) is 13.1 Å². The van der Waals surface area contributed by atoms with Crippen LogP contribution in [0.15, 0.2) is 11.4 Å². The largest absolute Gasteiger partial charge is 0.454 e. The molecule has 0 aliphatic carbocycles. The van der Waals surface area contributed by atoms with Gasteiger partial charge in [0.2, 0.25) is 0 Å². The maximum absolute atomic E-state index is 12.5. The summed E-state index contributed by atoms with van der Waals surface area (Å²) in [6, 6.07) is -2.01. The number of nitrogens with zero attached hydrogens (tertiary/aromatic N) is 5. The highest BCUT2D eigenvalue weighted by Crippen LogP contribution is 2.43. The van der Waals surface area contributed by atoms with Crippen molar-refractivity contribution in [2.45, 2.75) is 51.0 Å². The molecule has 2 aliphatic heterocycles. The van der Waals surface area contributed by atoms with Crippen LogP contribution >= 0.6 is 0 Å². The lowest BCUT2D eigenvalue weighted by atomic mass is 9.94. The Bertz CT molecular complexity index is 827. The molecule has 27 heavy (non-hydrogen) atoms. The van der Waals surface area contributed by atoms with Crippen molar-refractivity contribution in [3.8, 4) is 0 Å². The van der Waals surface area contributed by atoms with E-state index in [0.29, 0.717) is 16.3 Å². The fourth-order valence-corrected chi connectivity index (χ4v) is 3.66. The van der Waals surface area contributed by atoms with Gasteiger partial charge in [-0.05, 0) is 18.1 Å². The summed E-state index contributed by atoms with van der Waals surface area (Å²) in [5.74, 6) is -0.784. The second-order valence-electron chi connectivity index (χ2n) is 8.50. The van der Waals surface area contributed by atoms with Crippen molar-refractivity contribution in [3.05, 3.63) is 17.5 Å². The standard InChI is InChI=1S/C16H26N6O4Si/c1-16(2,3)27(5,6)26-19-11(14(17)23)13-12-9(7-18-20(12)4)10-8-21(13)15(24)22(10)25/h7,10,13,25H,8H2,1-6H3,(H2,17,23)/t10-,13+/m0/s1. The number of rotatable bonds is 4. The molecule has 3 heterocycles. The van der Waals surface area contributed by atoms with Gasteiger partial charge >= 0.3 is 6.03 Å². The van der Waals surface area contributed by atoms with Gasteiger partial charge in [0.1, 0.15) is 12.1 Å². The van der Waals surface area contributed by atoms with Gasteiger partial charge in [0.05, 0.1) is 18.4 Å². The number of hydroxylamine groups is 2. The number of oxime groups is 1. The number of primary amides is 1. The number of hydrogen-bond acceptors (Lipinski definition) is 6. The molecular weight excluding hydrogens is 368 g/mol. The topological polar surface area (TPSA) is 126 Å². The van der Waals surface area contributed by atoms with Crippen LogP contribution in [0, 0.1) is 0 Å². The van der Waals surface area contributed by atoms with E-state index in [1.54, 1.807) is 17.9 Å². The van der Waals surface area contributed by atoms with Crippen LogP contribution in [0.1, 0.15) is 44.1 Å². The summed E-state index contributed by atoms with van der Waals surface area (Å²) in [7, 11) is -0.594. The summed E-state index contributed by atoms with van der Waals surface area (Å²) in [5.41, 5.74) is 6.79. The quantitative estimate of drug-likeness (QED) is 0.346. The summed E-state index contributed by atoms with van der Waals surface area (Å²) >= 11 is 0. The summed E-state index contributed by atoms with van der Waals surface area (Å²) in [5, 5.41) is 19.1. The number of amides is 3. The van der Waals surface area contributed by atoms with E-state index in [-0.39, 0.29) is 17.3 Å². The van der Waals surface area contributed by atoms with Gasteiger partial charge in [-0.1, -0.05) is 25.9 Å². The number of fused-ring (bicyclic) bond motifs is 4. The minimum Gasteiger partial charge on any atom is -0.454 e. The van der Waals surface area contributed by atoms with E-state index in [0.717, 1.165) is 0 Å². The van der Waals surface area contributed by atoms with Crippen LogP contribution in [0.5, 0.6) is 0 Å². The highest BCUT2D eigenvalue weighted by molar-refractivity contribution is 6.74. The minimum atomic E-state index is -2.30. The molecule has 0 aromatic carbocycles. The van der Waals surface area contributed by atoms with Gasteiger partial charge in [0.25, 0.3) is 14.2 Å². The molecule has 10 nitrogen and oxygen atoms in total. The Morgan fingerprint density at radius 2 is 2.07 bits per heavy atom. The van der Waals surface area contributed by atoms with Crippen LogP contribution in [-0.4, -0.2) is 57.5 Å². The maximum Gasteiger partial charge on any atom is 0.345 e. The monoisotopic (exact) mass is 394 g/mol. The van der Waals surface area contributed by atoms with E-state index >= 15 is 0 Å². The lowest BCUT2D eigenvalue weighted by Gasteiger charge is -2.35. The van der Waals surface area contributed by atoms with Crippen molar-refractivity contribution in [2.24, 2.45) is 17.9 Å². The molecule has 2 bridgehead atoms. The first-order chi connectivity index (χ1) is 12.4. The predicted molar refractivity (Wildman–Crippen MR) is 99.3 cm³/mol. The first kappa shape index (κ1) is 19.4. The van der Waals surface area contributed by atoms with Crippen LogP contribution in [0.25, 0.3) is 0 Å². The van der Waals surface area contributed by atoms with Crippen molar-refractivity contribution in [2.75, 3.05) is 6.54 Å². The highest BCUT2D eigenvalue weighted by Gasteiger charge is 2.52. The van der Waals surface area contributed by atoms with Gasteiger partial charge in [-0.15, -0.1) is 0 Å². The fourth-order valence-electron chi connectivity index (χ4n) is 3.06. The number of carbonyl (C=O) groups excluding carboxylic acids is 2. The normalized spacial score (nSPS) is 22.9. The van der Waals surface area contributed by atoms with Crippen LogP contribution in [0.4, 0.5) is 4.79 Å². The predicted octanol–water partition coefficient (Wildman–Crippen LogP) is 1.51. The first-order valence-electron chi connectivity index (χ1n) is 8.73. The molecule has 148 valence electrons. The summed E-state index contributed by atoms with van der Waals surface area (Å²) in [4.78, 5) is 26.1. The third kappa shape index (κ3) is 2.90. The Kier molecular flexibility index (Phi) is 4.34. The third-order valence-corrected chi connectivity index (χ3v) is 9.90. The minimum absolute atomic E-state index is 0.0771. The molecule has 0 radical (unpaired) electrons. The number of urea groups is 1. The molecule has 1 fully saturated rings. The van der Waals surface area contributed by atoms with Gasteiger partial charge in [-0.3, -0.25) is 14.7 Å². The summed E-state index contributed by atoms with van der Waals surface area (Å²) in [6.45, 7) is 10.4. The molecule has 3 rings (SSSR count). The zero-order valence-corrected chi connectivity index (χ0v) is 17.4. The fraction of sp³-hybridized carbons (Fsp3) is 0.625. The highest BCUT2D eigenvalue weighted by atomic mass is 28.4. The van der Waals surface area contributed by atoms with Crippen molar-refractivity contribution in [1.82, 2.24) is 19.7 Å². The maximum atomic E-state index is 12.5. The zero-order chi connectivity index (χ0) is 20.3. The van der Waals surface area contributed by atoms with E-state index in [4.69, 9.17) is 10.3 Å². The number of aryl methyl sites for hydroxylation is 1. The average molecular weight is 395 g/mol. The molecule has 1 aromatic rings. The van der Waals surface area contributed by atoms with Crippen LogP contribution in [0.3, 0.4) is 0 Å². The van der Waals surface area contributed by atoms with Crippen molar-refractivity contribution in [1.29, 1.82) is 0 Å². The summed E-state index contributed by atoms with van der Waals surface area (Å²) < 4.78 is 7.42. The average Bonchev–Trinajstić information content (AvgIpc) is 3.04. The van der Waals surface area contributed by atoms with Crippen molar-refractivity contribution in [3.63, 3.8) is 0 Å². The summed E-state index contributed by atoms with van der Waals surface area (Å²) in [6.07, 6.45) is 1.58. The number of hydrogen-bond donors (Lipinski definition) is 2. The lowest BCUT2D eigenvalue weighted by Crippen LogP contribution is -2.45. The molecule has 11 heteroatoms. The van der Waals surface area contributed by atoms with E-state index in [9.17, 15) is 14.8 Å². The smallest absolute Gasteiger partial charge is 0.345 e. The third-order valence-electron chi connectivity index (χ3n) is 5.74. The van der Waals surface area contributed by atoms with Crippen molar-refractivity contribution >= 4 is 26.0 Å². The van der Waals surface area contributed by atoms with E-state index in [2.05, 4.69) is 31.0 Å². The van der Waals surface area contributed by atoms with Crippen LogP contribution < -0.4 is 5.73 Å². The zero-order valence-electron chi connectivity index (χ0n) is 16.4. The second-order valence-corrected chi connectivity index (χ2v) is 13.2. The van der Waals surface area contributed by atoms with Gasteiger partial charge in [0, 0.05) is 12.6 Å². The Hall–Kier alpha value is -2.40. The second kappa shape index (κ2) is 6.06. The number of aromatic nitrogens is 2. The van der Waals surface area contributed by atoms with Gasteiger partial charge < -0.3 is 15.2 Å². The molecule has 3 amide bonds. The lowest BCUT2D eigenvalue weighted by molar-refractivity contribution is -0.112. The van der Waals surface area contributed by atoms with Crippen molar-refractivity contribution < 1.29 is 19.3 Å². The molecule has 1 saturated heterocycles. The molecule has 1 aromatic heterocycles. The molecule has 3 N–H and O–H groups in total. The Morgan fingerprint density at radius 3 is 2.63 bits per heavy atom. The Morgan fingerprint density at radius 1 is 1.44 bits per heavy atom. The van der Waals surface area contributed by atoms with Gasteiger partial charge in [-0.2, -0.15) is 10.2 Å². The van der Waals surface area contributed by atoms with Crippen LogP contribution in [0.2, 0.25) is 18.1 Å². The molecule has 2 atom stereocenters. The molecular formula is C16H26N6O4Si. The van der Waals surface area contributed by atoms with E-state index in [1.165, 1.54) is 4.90 Å². The van der Waals surface area contributed by atoms with Crippen LogP contribution in [-0.2, 0) is 16.4 Å².